The maximum absolute atomic E-state index is 13.0. The molecular weight excluding hydrogens is 206 g/mol. The molecule has 0 heterocycles. The van der Waals surface area contributed by atoms with Crippen LogP contribution < -0.4 is 10.8 Å². The topological polar surface area (TPSA) is 61.4 Å². The van der Waals surface area contributed by atoms with Gasteiger partial charge in [0, 0.05) is 12.1 Å². The zero-order valence-corrected chi connectivity index (χ0v) is 7.76. The molecule has 82 valence electrons. The van der Waals surface area contributed by atoms with Crippen LogP contribution in [0, 0.1) is 11.6 Å². The van der Waals surface area contributed by atoms with E-state index in [4.69, 9.17) is 5.21 Å². The SMILES string of the molecule is O=C(CNCc1c(F)cccc1F)NO. The molecule has 3 N–H and O–H groups in total. The standard InChI is InChI=1S/C9H10F2N2O2/c10-7-2-1-3-8(11)6(7)4-12-5-9(14)13-15/h1-3,12,15H,4-5H2,(H,13,14). The third-order valence-corrected chi connectivity index (χ3v) is 1.77. The second kappa shape index (κ2) is 5.38. The number of rotatable bonds is 4. The molecule has 6 heteroatoms. The molecule has 1 aromatic carbocycles. The van der Waals surface area contributed by atoms with Gasteiger partial charge in [0.05, 0.1) is 6.54 Å². The fourth-order valence-corrected chi connectivity index (χ4v) is 1.04. The van der Waals surface area contributed by atoms with E-state index in [0.717, 1.165) is 12.1 Å². The number of nitrogens with one attached hydrogen (secondary N) is 2. The smallest absolute Gasteiger partial charge is 0.257 e. The highest BCUT2D eigenvalue weighted by Crippen LogP contribution is 2.10. The molecule has 0 saturated heterocycles. The lowest BCUT2D eigenvalue weighted by molar-refractivity contribution is -0.128. The van der Waals surface area contributed by atoms with E-state index >= 15 is 0 Å². The molecule has 0 saturated carbocycles. The molecule has 4 nitrogen and oxygen atoms in total. The number of carbonyl (C=O) groups excluding carboxylic acids is 1. The van der Waals surface area contributed by atoms with Gasteiger partial charge in [0.15, 0.2) is 0 Å². The molecular formula is C9H10F2N2O2. The highest BCUT2D eigenvalue weighted by atomic mass is 19.1. The number of hydrogen-bond donors (Lipinski definition) is 3. The van der Waals surface area contributed by atoms with Crippen molar-refractivity contribution < 1.29 is 18.8 Å². The average molecular weight is 216 g/mol. The van der Waals surface area contributed by atoms with Gasteiger partial charge in [-0.15, -0.1) is 0 Å². The Morgan fingerprint density at radius 2 is 1.93 bits per heavy atom. The van der Waals surface area contributed by atoms with Gasteiger partial charge in [0.2, 0.25) is 0 Å². The van der Waals surface area contributed by atoms with E-state index in [9.17, 15) is 13.6 Å². The van der Waals surface area contributed by atoms with Crippen molar-refractivity contribution in [1.82, 2.24) is 10.8 Å². The van der Waals surface area contributed by atoms with Gasteiger partial charge in [-0.1, -0.05) is 6.07 Å². The molecule has 0 aliphatic heterocycles. The van der Waals surface area contributed by atoms with Crippen molar-refractivity contribution in [3.05, 3.63) is 35.4 Å². The van der Waals surface area contributed by atoms with Crippen LogP contribution in [0.1, 0.15) is 5.56 Å². The molecule has 0 aliphatic rings. The van der Waals surface area contributed by atoms with Crippen molar-refractivity contribution in [3.8, 4) is 0 Å². The quantitative estimate of drug-likeness (QED) is 0.509. The van der Waals surface area contributed by atoms with Crippen LogP contribution in [0.4, 0.5) is 8.78 Å². The summed E-state index contributed by atoms with van der Waals surface area (Å²) in [6.07, 6.45) is 0. The number of halogens is 2. The summed E-state index contributed by atoms with van der Waals surface area (Å²) < 4.78 is 26.1. The van der Waals surface area contributed by atoms with Crippen molar-refractivity contribution >= 4 is 5.91 Å². The van der Waals surface area contributed by atoms with E-state index in [0.29, 0.717) is 0 Å². The maximum Gasteiger partial charge on any atom is 0.257 e. The molecule has 0 atom stereocenters. The van der Waals surface area contributed by atoms with Crippen LogP contribution in [0.3, 0.4) is 0 Å². The Morgan fingerprint density at radius 1 is 1.33 bits per heavy atom. The third kappa shape index (κ3) is 3.26. The molecule has 0 spiro atoms. The second-order valence-corrected chi connectivity index (χ2v) is 2.84. The molecule has 1 rings (SSSR count). The average Bonchev–Trinajstić information content (AvgIpc) is 2.22. The Bertz CT molecular complexity index is 338. The summed E-state index contributed by atoms with van der Waals surface area (Å²) in [6.45, 7) is -0.337. The Balaban J connectivity index is 2.54. The highest BCUT2D eigenvalue weighted by Gasteiger charge is 2.08. The van der Waals surface area contributed by atoms with Crippen LogP contribution in [0.15, 0.2) is 18.2 Å². The van der Waals surface area contributed by atoms with Crippen LogP contribution in [0.5, 0.6) is 0 Å². The number of carbonyl (C=O) groups is 1. The first kappa shape index (κ1) is 11.5. The Labute approximate surface area is 84.9 Å². The molecule has 1 amide bonds. The van der Waals surface area contributed by atoms with Crippen LogP contribution in [-0.2, 0) is 11.3 Å². The monoisotopic (exact) mass is 216 g/mol. The first-order valence-electron chi connectivity index (χ1n) is 4.21. The van der Waals surface area contributed by atoms with Crippen molar-refractivity contribution in [2.45, 2.75) is 6.54 Å². The zero-order valence-electron chi connectivity index (χ0n) is 7.76. The molecule has 0 aliphatic carbocycles. The number of hydroxylamine groups is 1. The summed E-state index contributed by atoms with van der Waals surface area (Å²) in [5, 5.41) is 10.6. The predicted octanol–water partition coefficient (Wildman–Crippen LogP) is 0.560. The number of benzene rings is 1. The first-order valence-corrected chi connectivity index (χ1v) is 4.21. The Hall–Kier alpha value is -1.53. The zero-order chi connectivity index (χ0) is 11.3. The molecule has 0 aromatic heterocycles. The van der Waals surface area contributed by atoms with Crippen molar-refractivity contribution in [3.63, 3.8) is 0 Å². The van der Waals surface area contributed by atoms with Crippen molar-refractivity contribution in [1.29, 1.82) is 0 Å². The second-order valence-electron chi connectivity index (χ2n) is 2.84. The van der Waals surface area contributed by atoms with E-state index in [1.807, 2.05) is 0 Å². The van der Waals surface area contributed by atoms with E-state index in [1.54, 1.807) is 0 Å². The van der Waals surface area contributed by atoms with Crippen LogP contribution in [-0.4, -0.2) is 17.7 Å². The number of amides is 1. The van der Waals surface area contributed by atoms with Crippen LogP contribution in [0.2, 0.25) is 0 Å². The van der Waals surface area contributed by atoms with Crippen LogP contribution in [0.25, 0.3) is 0 Å². The molecule has 0 radical (unpaired) electrons. The van der Waals surface area contributed by atoms with Gasteiger partial charge in [0.25, 0.3) is 5.91 Å². The summed E-state index contributed by atoms with van der Waals surface area (Å²) >= 11 is 0. The van der Waals surface area contributed by atoms with Gasteiger partial charge in [-0.3, -0.25) is 10.0 Å². The summed E-state index contributed by atoms with van der Waals surface area (Å²) in [6, 6.07) is 3.52. The molecule has 0 unspecified atom stereocenters. The lowest BCUT2D eigenvalue weighted by Crippen LogP contribution is -2.31. The fourth-order valence-electron chi connectivity index (χ4n) is 1.04. The third-order valence-electron chi connectivity index (χ3n) is 1.77. The van der Waals surface area contributed by atoms with Gasteiger partial charge >= 0.3 is 0 Å². The molecule has 0 bridgehead atoms. The van der Waals surface area contributed by atoms with Gasteiger partial charge in [0.1, 0.15) is 11.6 Å². The van der Waals surface area contributed by atoms with Gasteiger partial charge in [-0.2, -0.15) is 0 Å². The highest BCUT2D eigenvalue weighted by molar-refractivity contribution is 5.76. The van der Waals surface area contributed by atoms with E-state index < -0.39 is 17.5 Å². The summed E-state index contributed by atoms with van der Waals surface area (Å²) in [4.78, 5) is 10.6. The Kier molecular flexibility index (Phi) is 4.14. The molecule has 15 heavy (non-hydrogen) atoms. The predicted molar refractivity (Wildman–Crippen MR) is 48.0 cm³/mol. The number of hydrogen-bond acceptors (Lipinski definition) is 3. The lowest BCUT2D eigenvalue weighted by atomic mass is 10.2. The van der Waals surface area contributed by atoms with Crippen molar-refractivity contribution in [2.24, 2.45) is 0 Å². The minimum atomic E-state index is -0.674. The summed E-state index contributed by atoms with van der Waals surface area (Å²) in [5.41, 5.74) is 1.26. The lowest BCUT2D eigenvalue weighted by Gasteiger charge is -2.05. The Morgan fingerprint density at radius 3 is 2.47 bits per heavy atom. The largest absolute Gasteiger partial charge is 0.304 e. The first-order chi connectivity index (χ1) is 7.15. The summed E-state index contributed by atoms with van der Waals surface area (Å²) in [7, 11) is 0. The molecule has 0 fully saturated rings. The summed E-state index contributed by atoms with van der Waals surface area (Å²) in [5.74, 6) is -2.02. The van der Waals surface area contributed by atoms with Crippen LogP contribution >= 0.6 is 0 Å². The minimum absolute atomic E-state index is 0.119. The normalized spacial score (nSPS) is 10.1. The van der Waals surface area contributed by atoms with E-state index in [-0.39, 0.29) is 18.7 Å². The van der Waals surface area contributed by atoms with Gasteiger partial charge in [-0.25, -0.2) is 14.3 Å². The van der Waals surface area contributed by atoms with Crippen molar-refractivity contribution in [2.75, 3.05) is 6.54 Å². The molecule has 1 aromatic rings. The fraction of sp³-hybridized carbons (Fsp3) is 0.222. The minimum Gasteiger partial charge on any atom is -0.304 e. The van der Waals surface area contributed by atoms with E-state index in [1.165, 1.54) is 11.5 Å². The maximum atomic E-state index is 13.0. The van der Waals surface area contributed by atoms with Gasteiger partial charge < -0.3 is 5.32 Å². The van der Waals surface area contributed by atoms with E-state index in [2.05, 4.69) is 5.32 Å². The van der Waals surface area contributed by atoms with Gasteiger partial charge in [-0.05, 0) is 12.1 Å².